The van der Waals surface area contributed by atoms with Crippen LogP contribution in [0.15, 0.2) is 39.5 Å². The number of hydrogen-bond acceptors (Lipinski definition) is 6. The number of nitrogens with zero attached hydrogens (tertiary/aromatic N) is 1. The summed E-state index contributed by atoms with van der Waals surface area (Å²) in [5.74, 6) is -0.252. The predicted molar refractivity (Wildman–Crippen MR) is 102 cm³/mol. The fourth-order valence-corrected chi connectivity index (χ4v) is 3.15. The third-order valence-electron chi connectivity index (χ3n) is 4.34. The highest BCUT2D eigenvalue weighted by molar-refractivity contribution is 5.89. The van der Waals surface area contributed by atoms with E-state index < -0.39 is 11.4 Å². The highest BCUT2D eigenvalue weighted by Crippen LogP contribution is 2.35. The van der Waals surface area contributed by atoms with Gasteiger partial charge in [0.2, 0.25) is 0 Å². The first-order valence-electron chi connectivity index (χ1n) is 8.35. The Morgan fingerprint density at radius 2 is 2.00 bits per heavy atom. The van der Waals surface area contributed by atoms with Crippen molar-refractivity contribution >= 4 is 16.7 Å². The number of halogens is 1. The summed E-state index contributed by atoms with van der Waals surface area (Å²) in [5, 5.41) is 10.4. The van der Waals surface area contributed by atoms with E-state index in [1.54, 1.807) is 12.1 Å². The van der Waals surface area contributed by atoms with Crippen LogP contribution < -0.4 is 16.1 Å². The molecule has 1 aromatic heterocycles. The van der Waals surface area contributed by atoms with Crippen molar-refractivity contribution in [2.75, 3.05) is 26.9 Å². The highest BCUT2D eigenvalue weighted by Gasteiger charge is 2.21. The molecule has 0 aliphatic carbocycles. The fourth-order valence-electron chi connectivity index (χ4n) is 3.15. The van der Waals surface area contributed by atoms with Crippen LogP contribution in [-0.4, -0.2) is 31.2 Å². The van der Waals surface area contributed by atoms with Crippen molar-refractivity contribution < 1.29 is 18.7 Å². The molecule has 0 aliphatic heterocycles. The Labute approximate surface area is 155 Å². The smallest absolute Gasteiger partial charge is 0.340 e. The molecule has 0 saturated heterocycles. The molecule has 0 aliphatic rings. The van der Waals surface area contributed by atoms with Crippen LogP contribution in [-0.2, 0) is 13.0 Å². The SMILES string of the molecule is COc1cc(O)cc2oc(=O)c(Cc3cccc(N)c3F)c(CN(C)C)c12. The third-order valence-corrected chi connectivity index (χ3v) is 4.34. The van der Waals surface area contributed by atoms with Crippen LogP contribution in [0.5, 0.6) is 11.5 Å². The average Bonchev–Trinajstić information content (AvgIpc) is 2.60. The minimum atomic E-state index is -0.589. The molecule has 3 rings (SSSR count). The normalized spacial score (nSPS) is 11.3. The lowest BCUT2D eigenvalue weighted by atomic mass is 9.97. The predicted octanol–water partition coefficient (Wildman–Crippen LogP) is 2.88. The van der Waals surface area contributed by atoms with Gasteiger partial charge in [-0.05, 0) is 31.3 Å². The molecule has 0 atom stereocenters. The summed E-state index contributed by atoms with van der Waals surface area (Å²) in [5.41, 5.74) is 6.58. The molecule has 27 heavy (non-hydrogen) atoms. The van der Waals surface area contributed by atoms with Crippen molar-refractivity contribution in [3.63, 3.8) is 0 Å². The molecule has 0 saturated carbocycles. The van der Waals surface area contributed by atoms with Crippen LogP contribution in [0, 0.1) is 5.82 Å². The minimum absolute atomic E-state index is 0.0225. The summed E-state index contributed by atoms with van der Waals surface area (Å²) in [6.45, 7) is 0.405. The van der Waals surface area contributed by atoms with Gasteiger partial charge in [0.05, 0.1) is 18.2 Å². The summed E-state index contributed by atoms with van der Waals surface area (Å²) >= 11 is 0. The molecule has 0 unspecified atom stereocenters. The second-order valence-corrected chi connectivity index (χ2v) is 6.60. The number of anilines is 1. The van der Waals surface area contributed by atoms with E-state index in [4.69, 9.17) is 14.9 Å². The summed E-state index contributed by atoms with van der Waals surface area (Å²) in [4.78, 5) is 14.6. The molecule has 3 N–H and O–H groups in total. The van der Waals surface area contributed by atoms with Gasteiger partial charge in [0, 0.05) is 30.7 Å². The number of hydrogen-bond donors (Lipinski definition) is 2. The van der Waals surface area contributed by atoms with Crippen molar-refractivity contribution in [2.24, 2.45) is 0 Å². The first kappa shape index (κ1) is 18.7. The van der Waals surface area contributed by atoms with E-state index in [-0.39, 0.29) is 23.4 Å². The molecular weight excluding hydrogens is 351 g/mol. The van der Waals surface area contributed by atoms with Crippen molar-refractivity contribution in [3.8, 4) is 11.5 Å². The fraction of sp³-hybridized carbons (Fsp3) is 0.250. The van der Waals surface area contributed by atoms with E-state index in [2.05, 4.69) is 0 Å². The first-order valence-corrected chi connectivity index (χ1v) is 8.35. The quantitative estimate of drug-likeness (QED) is 0.529. The minimum Gasteiger partial charge on any atom is -0.508 e. The Kier molecular flexibility index (Phi) is 5.05. The van der Waals surface area contributed by atoms with Gasteiger partial charge in [0.15, 0.2) is 0 Å². The molecule has 0 spiro atoms. The zero-order chi connectivity index (χ0) is 19.7. The number of rotatable bonds is 5. The standard InChI is InChI=1S/C20H21FN2O4/c1-23(2)10-14-13(7-11-5-4-6-15(22)19(11)21)20(25)27-17-9-12(24)8-16(26-3)18(14)17/h4-6,8-9,24H,7,10,22H2,1-3H3. The van der Waals surface area contributed by atoms with Gasteiger partial charge in [-0.15, -0.1) is 0 Å². The Morgan fingerprint density at radius 3 is 2.67 bits per heavy atom. The summed E-state index contributed by atoms with van der Waals surface area (Å²) < 4.78 is 25.2. The van der Waals surface area contributed by atoms with E-state index in [9.17, 15) is 14.3 Å². The molecule has 0 amide bonds. The number of benzene rings is 2. The summed E-state index contributed by atoms with van der Waals surface area (Å²) in [7, 11) is 5.19. The number of nitrogen functional groups attached to an aromatic ring is 1. The van der Waals surface area contributed by atoms with E-state index in [0.29, 0.717) is 34.4 Å². The highest BCUT2D eigenvalue weighted by atomic mass is 19.1. The first-order chi connectivity index (χ1) is 12.8. The number of ether oxygens (including phenoxy) is 1. The van der Waals surface area contributed by atoms with Gasteiger partial charge in [-0.2, -0.15) is 0 Å². The van der Waals surface area contributed by atoms with Crippen LogP contribution in [0.3, 0.4) is 0 Å². The molecule has 7 heteroatoms. The van der Waals surface area contributed by atoms with Gasteiger partial charge in [-0.25, -0.2) is 9.18 Å². The molecule has 3 aromatic rings. The lowest BCUT2D eigenvalue weighted by molar-refractivity contribution is 0.394. The second kappa shape index (κ2) is 7.28. The summed E-state index contributed by atoms with van der Waals surface area (Å²) in [6, 6.07) is 7.51. The molecule has 0 fully saturated rings. The van der Waals surface area contributed by atoms with Gasteiger partial charge in [0.25, 0.3) is 0 Å². The van der Waals surface area contributed by atoms with Gasteiger partial charge < -0.3 is 24.9 Å². The monoisotopic (exact) mass is 372 g/mol. The van der Waals surface area contributed by atoms with Crippen LogP contribution in [0.1, 0.15) is 16.7 Å². The Balaban J connectivity index is 2.31. The summed E-state index contributed by atoms with van der Waals surface area (Å²) in [6.07, 6.45) is 0.0301. The maximum absolute atomic E-state index is 14.4. The van der Waals surface area contributed by atoms with Gasteiger partial charge in [0.1, 0.15) is 22.9 Å². The largest absolute Gasteiger partial charge is 0.508 e. The maximum Gasteiger partial charge on any atom is 0.340 e. The zero-order valence-corrected chi connectivity index (χ0v) is 15.4. The van der Waals surface area contributed by atoms with E-state index in [0.717, 1.165) is 0 Å². The number of phenols is 1. The Morgan fingerprint density at radius 1 is 1.26 bits per heavy atom. The molecule has 142 valence electrons. The molecule has 2 aromatic carbocycles. The van der Waals surface area contributed by atoms with E-state index >= 15 is 0 Å². The number of nitrogens with two attached hydrogens (primary N) is 1. The van der Waals surface area contributed by atoms with Crippen molar-refractivity contribution in [1.82, 2.24) is 4.90 Å². The number of phenolic OH excluding ortho intramolecular Hbond substituents is 1. The molecule has 0 radical (unpaired) electrons. The van der Waals surface area contributed by atoms with E-state index in [1.165, 1.54) is 25.3 Å². The van der Waals surface area contributed by atoms with Gasteiger partial charge in [-0.3, -0.25) is 0 Å². The molecular formula is C20H21FN2O4. The third kappa shape index (κ3) is 3.59. The van der Waals surface area contributed by atoms with Crippen LogP contribution in [0.4, 0.5) is 10.1 Å². The second-order valence-electron chi connectivity index (χ2n) is 6.60. The number of fused-ring (bicyclic) bond motifs is 1. The Bertz CT molecular complexity index is 1060. The maximum atomic E-state index is 14.4. The van der Waals surface area contributed by atoms with Crippen molar-refractivity contribution in [2.45, 2.75) is 13.0 Å². The number of aromatic hydroxyl groups is 1. The van der Waals surface area contributed by atoms with Gasteiger partial charge in [-0.1, -0.05) is 12.1 Å². The lowest BCUT2D eigenvalue weighted by Crippen LogP contribution is -2.19. The topological polar surface area (TPSA) is 88.9 Å². The molecule has 6 nitrogen and oxygen atoms in total. The van der Waals surface area contributed by atoms with Crippen LogP contribution in [0.2, 0.25) is 0 Å². The van der Waals surface area contributed by atoms with Crippen LogP contribution in [0.25, 0.3) is 11.0 Å². The van der Waals surface area contributed by atoms with E-state index in [1.807, 2.05) is 19.0 Å². The molecule has 0 bridgehead atoms. The van der Waals surface area contributed by atoms with Crippen LogP contribution >= 0.6 is 0 Å². The average molecular weight is 372 g/mol. The Hall–Kier alpha value is -3.06. The van der Waals surface area contributed by atoms with Crippen molar-refractivity contribution in [1.29, 1.82) is 0 Å². The zero-order valence-electron chi connectivity index (χ0n) is 15.4. The lowest BCUT2D eigenvalue weighted by Gasteiger charge is -2.18. The number of methoxy groups -OCH3 is 1. The van der Waals surface area contributed by atoms with Gasteiger partial charge >= 0.3 is 5.63 Å². The van der Waals surface area contributed by atoms with Crippen molar-refractivity contribution in [3.05, 3.63) is 63.3 Å². The molecule has 1 heterocycles.